The van der Waals surface area contributed by atoms with E-state index in [1.54, 1.807) is 6.20 Å². The lowest BCUT2D eigenvalue weighted by atomic mass is 10.1. The molecular weight excluding hydrogens is 226 g/mol. The van der Waals surface area contributed by atoms with Crippen molar-refractivity contribution < 1.29 is 0 Å². The number of rotatable bonds is 2. The highest BCUT2D eigenvalue weighted by molar-refractivity contribution is 5.87. The van der Waals surface area contributed by atoms with Crippen LogP contribution in [0.2, 0.25) is 0 Å². The van der Waals surface area contributed by atoms with Gasteiger partial charge in [0.05, 0.1) is 11.7 Å². The Morgan fingerprint density at radius 1 is 1.17 bits per heavy atom. The largest absolute Gasteiger partial charge is 0.340 e. The summed E-state index contributed by atoms with van der Waals surface area (Å²) in [6.07, 6.45) is 3.58. The van der Waals surface area contributed by atoms with Gasteiger partial charge in [-0.2, -0.15) is 5.10 Å². The predicted molar refractivity (Wildman–Crippen MR) is 70.9 cm³/mol. The van der Waals surface area contributed by atoms with Crippen molar-refractivity contribution >= 4 is 22.4 Å². The van der Waals surface area contributed by atoms with Gasteiger partial charge in [0, 0.05) is 17.3 Å². The Balaban J connectivity index is 2.02. The van der Waals surface area contributed by atoms with Gasteiger partial charge in [-0.1, -0.05) is 0 Å². The Morgan fingerprint density at radius 3 is 2.89 bits per heavy atom. The van der Waals surface area contributed by atoms with Gasteiger partial charge >= 0.3 is 0 Å². The first-order valence-corrected chi connectivity index (χ1v) is 5.73. The van der Waals surface area contributed by atoms with E-state index in [2.05, 4.69) is 32.4 Å². The molecule has 1 aromatic carbocycles. The number of nitrogens with one attached hydrogen (secondary N) is 2. The van der Waals surface area contributed by atoms with Crippen molar-refractivity contribution in [1.29, 1.82) is 0 Å². The third kappa shape index (κ3) is 1.79. The van der Waals surface area contributed by atoms with Crippen molar-refractivity contribution in [2.75, 3.05) is 5.32 Å². The standard InChI is InChI=1S/C13H13N5/c1-8-10-7-15-18-12(10)4-3-11(8)17-13-5-6-14-9(2)16-13/h3-7H,1-2H3,(H,15,18)(H,14,16,17). The van der Waals surface area contributed by atoms with Crippen molar-refractivity contribution in [3.8, 4) is 0 Å². The Hall–Kier alpha value is -2.43. The summed E-state index contributed by atoms with van der Waals surface area (Å²) in [6, 6.07) is 5.88. The van der Waals surface area contributed by atoms with Crippen LogP contribution in [0.3, 0.4) is 0 Å². The number of aryl methyl sites for hydroxylation is 2. The lowest BCUT2D eigenvalue weighted by Gasteiger charge is -2.09. The summed E-state index contributed by atoms with van der Waals surface area (Å²) in [5.41, 5.74) is 3.22. The molecule has 18 heavy (non-hydrogen) atoms. The number of aromatic nitrogens is 4. The second-order valence-electron chi connectivity index (χ2n) is 4.18. The van der Waals surface area contributed by atoms with Crippen LogP contribution in [0.25, 0.3) is 10.9 Å². The molecule has 0 amide bonds. The summed E-state index contributed by atoms with van der Waals surface area (Å²) in [5, 5.41) is 11.4. The summed E-state index contributed by atoms with van der Waals surface area (Å²) in [6.45, 7) is 3.94. The fourth-order valence-corrected chi connectivity index (χ4v) is 1.96. The average Bonchev–Trinajstić information content (AvgIpc) is 2.82. The number of hydrogen-bond acceptors (Lipinski definition) is 4. The average molecular weight is 239 g/mol. The van der Waals surface area contributed by atoms with Crippen LogP contribution in [0.15, 0.2) is 30.6 Å². The van der Waals surface area contributed by atoms with E-state index in [0.717, 1.165) is 33.8 Å². The summed E-state index contributed by atoms with van der Waals surface area (Å²) in [7, 11) is 0. The van der Waals surface area contributed by atoms with Crippen LogP contribution in [0.4, 0.5) is 11.5 Å². The van der Waals surface area contributed by atoms with Crippen molar-refractivity contribution in [2.24, 2.45) is 0 Å². The summed E-state index contributed by atoms with van der Waals surface area (Å²) in [4.78, 5) is 8.41. The number of hydrogen-bond donors (Lipinski definition) is 2. The van der Waals surface area contributed by atoms with Gasteiger partial charge < -0.3 is 5.32 Å². The molecule has 3 aromatic rings. The second kappa shape index (κ2) is 4.10. The van der Waals surface area contributed by atoms with E-state index < -0.39 is 0 Å². The molecule has 0 spiro atoms. The van der Waals surface area contributed by atoms with Crippen LogP contribution in [0, 0.1) is 13.8 Å². The van der Waals surface area contributed by atoms with Crippen molar-refractivity contribution in [2.45, 2.75) is 13.8 Å². The molecule has 90 valence electrons. The molecule has 5 heteroatoms. The molecule has 0 saturated carbocycles. The highest BCUT2D eigenvalue weighted by atomic mass is 15.1. The summed E-state index contributed by atoms with van der Waals surface area (Å²) < 4.78 is 0. The first-order chi connectivity index (χ1) is 8.74. The molecule has 3 rings (SSSR count). The fourth-order valence-electron chi connectivity index (χ4n) is 1.96. The maximum atomic E-state index is 4.33. The molecule has 5 nitrogen and oxygen atoms in total. The van der Waals surface area contributed by atoms with E-state index in [1.165, 1.54) is 0 Å². The van der Waals surface area contributed by atoms with E-state index in [4.69, 9.17) is 0 Å². The first-order valence-electron chi connectivity index (χ1n) is 5.73. The Kier molecular flexibility index (Phi) is 2.44. The molecule has 0 radical (unpaired) electrons. The minimum atomic E-state index is 0.752. The van der Waals surface area contributed by atoms with Gasteiger partial charge in [0.15, 0.2) is 0 Å². The quantitative estimate of drug-likeness (QED) is 0.721. The Morgan fingerprint density at radius 2 is 2.06 bits per heavy atom. The second-order valence-corrected chi connectivity index (χ2v) is 4.18. The minimum absolute atomic E-state index is 0.752. The summed E-state index contributed by atoms with van der Waals surface area (Å²) in [5.74, 6) is 1.55. The zero-order valence-electron chi connectivity index (χ0n) is 10.2. The molecule has 0 aliphatic rings. The molecule has 0 fully saturated rings. The van der Waals surface area contributed by atoms with Crippen LogP contribution < -0.4 is 5.32 Å². The zero-order valence-corrected chi connectivity index (χ0v) is 10.2. The molecule has 0 aliphatic carbocycles. The molecule has 2 aromatic heterocycles. The van der Waals surface area contributed by atoms with Crippen LogP contribution in [-0.4, -0.2) is 20.2 Å². The number of anilines is 2. The van der Waals surface area contributed by atoms with Crippen LogP contribution >= 0.6 is 0 Å². The number of fused-ring (bicyclic) bond motifs is 1. The lowest BCUT2D eigenvalue weighted by molar-refractivity contribution is 1.06. The van der Waals surface area contributed by atoms with Crippen LogP contribution in [-0.2, 0) is 0 Å². The first kappa shape index (κ1) is 10.7. The van der Waals surface area contributed by atoms with Gasteiger partial charge in [-0.05, 0) is 37.6 Å². The molecule has 2 N–H and O–H groups in total. The third-order valence-corrected chi connectivity index (χ3v) is 2.93. The number of benzene rings is 1. The molecule has 0 unspecified atom stereocenters. The third-order valence-electron chi connectivity index (χ3n) is 2.93. The minimum Gasteiger partial charge on any atom is -0.340 e. The van der Waals surface area contributed by atoms with E-state index in [1.807, 2.05) is 31.3 Å². The van der Waals surface area contributed by atoms with E-state index in [9.17, 15) is 0 Å². The lowest BCUT2D eigenvalue weighted by Crippen LogP contribution is -1.98. The molecule has 0 bridgehead atoms. The number of aromatic amines is 1. The number of nitrogens with zero attached hydrogens (tertiary/aromatic N) is 3. The summed E-state index contributed by atoms with van der Waals surface area (Å²) >= 11 is 0. The monoisotopic (exact) mass is 239 g/mol. The van der Waals surface area contributed by atoms with Gasteiger partial charge in [0.25, 0.3) is 0 Å². The van der Waals surface area contributed by atoms with Crippen molar-refractivity contribution in [1.82, 2.24) is 20.2 Å². The highest BCUT2D eigenvalue weighted by Crippen LogP contribution is 2.25. The zero-order chi connectivity index (χ0) is 12.5. The molecule has 0 aliphatic heterocycles. The van der Waals surface area contributed by atoms with Crippen LogP contribution in [0.1, 0.15) is 11.4 Å². The Bertz CT molecular complexity index is 701. The van der Waals surface area contributed by atoms with Crippen molar-refractivity contribution in [3.05, 3.63) is 42.0 Å². The Labute approximate surface area is 104 Å². The molecule has 0 atom stereocenters. The van der Waals surface area contributed by atoms with Gasteiger partial charge in [-0.25, -0.2) is 9.97 Å². The molecular formula is C13H13N5. The van der Waals surface area contributed by atoms with Crippen molar-refractivity contribution in [3.63, 3.8) is 0 Å². The smallest absolute Gasteiger partial charge is 0.134 e. The fraction of sp³-hybridized carbons (Fsp3) is 0.154. The number of H-pyrrole nitrogens is 1. The maximum Gasteiger partial charge on any atom is 0.134 e. The normalized spacial score (nSPS) is 10.8. The van der Waals surface area contributed by atoms with Crippen LogP contribution in [0.5, 0.6) is 0 Å². The molecule has 2 heterocycles. The van der Waals surface area contributed by atoms with Gasteiger partial charge in [0.1, 0.15) is 11.6 Å². The van der Waals surface area contributed by atoms with Gasteiger partial charge in [0.2, 0.25) is 0 Å². The van der Waals surface area contributed by atoms with E-state index >= 15 is 0 Å². The van der Waals surface area contributed by atoms with Gasteiger partial charge in [-0.3, -0.25) is 5.10 Å². The van der Waals surface area contributed by atoms with E-state index in [-0.39, 0.29) is 0 Å². The predicted octanol–water partition coefficient (Wildman–Crippen LogP) is 2.71. The van der Waals surface area contributed by atoms with Gasteiger partial charge in [-0.15, -0.1) is 0 Å². The maximum absolute atomic E-state index is 4.33. The topological polar surface area (TPSA) is 66.5 Å². The van der Waals surface area contributed by atoms with E-state index in [0.29, 0.717) is 0 Å². The highest BCUT2D eigenvalue weighted by Gasteiger charge is 2.05. The SMILES string of the molecule is Cc1nccc(Nc2ccc3[nH]ncc3c2C)n1. The molecule has 0 saturated heterocycles.